The SMILES string of the molecule is CCC(CCCCCCCCCCCC(CC(C)C)c1ccccc1)c1ccccc1. The predicted molar refractivity (Wildman–Crippen MR) is 139 cm³/mol. The van der Waals surface area contributed by atoms with Crippen LogP contribution in [-0.2, 0) is 0 Å². The van der Waals surface area contributed by atoms with Crippen molar-refractivity contribution in [1.82, 2.24) is 0 Å². The van der Waals surface area contributed by atoms with Crippen LogP contribution in [0.25, 0.3) is 0 Å². The Morgan fingerprint density at radius 3 is 1.32 bits per heavy atom. The third kappa shape index (κ3) is 11.0. The quantitative estimate of drug-likeness (QED) is 0.223. The van der Waals surface area contributed by atoms with Crippen LogP contribution >= 0.6 is 0 Å². The van der Waals surface area contributed by atoms with Crippen LogP contribution < -0.4 is 0 Å². The summed E-state index contributed by atoms with van der Waals surface area (Å²) in [4.78, 5) is 0. The maximum absolute atomic E-state index is 2.36. The van der Waals surface area contributed by atoms with Crippen molar-refractivity contribution in [3.8, 4) is 0 Å². The van der Waals surface area contributed by atoms with Gasteiger partial charge >= 0.3 is 0 Å². The van der Waals surface area contributed by atoms with Crippen LogP contribution in [-0.4, -0.2) is 0 Å². The van der Waals surface area contributed by atoms with Crippen LogP contribution in [0.4, 0.5) is 0 Å². The van der Waals surface area contributed by atoms with Gasteiger partial charge in [0.2, 0.25) is 0 Å². The van der Waals surface area contributed by atoms with Gasteiger partial charge in [-0.3, -0.25) is 0 Å². The lowest BCUT2D eigenvalue weighted by Crippen LogP contribution is -2.03. The summed E-state index contributed by atoms with van der Waals surface area (Å²) in [6, 6.07) is 22.3. The van der Waals surface area contributed by atoms with E-state index in [0.717, 1.165) is 17.8 Å². The van der Waals surface area contributed by atoms with Crippen molar-refractivity contribution < 1.29 is 0 Å². The molecular formula is C31H48. The molecule has 0 bridgehead atoms. The molecule has 2 aromatic rings. The molecule has 0 aliphatic heterocycles. The minimum atomic E-state index is 0.754. The first kappa shape index (κ1) is 25.7. The lowest BCUT2D eigenvalue weighted by molar-refractivity contribution is 0.452. The molecule has 0 nitrogen and oxygen atoms in total. The van der Waals surface area contributed by atoms with Crippen LogP contribution in [0.15, 0.2) is 60.7 Å². The maximum atomic E-state index is 2.36. The van der Waals surface area contributed by atoms with E-state index in [1.165, 1.54) is 89.0 Å². The van der Waals surface area contributed by atoms with Crippen molar-refractivity contribution in [2.24, 2.45) is 5.92 Å². The highest BCUT2D eigenvalue weighted by Gasteiger charge is 2.13. The van der Waals surface area contributed by atoms with Gasteiger partial charge < -0.3 is 0 Å². The second-order valence-corrected chi connectivity index (χ2v) is 10.0. The molecule has 2 atom stereocenters. The van der Waals surface area contributed by atoms with E-state index >= 15 is 0 Å². The van der Waals surface area contributed by atoms with Gasteiger partial charge in [0.25, 0.3) is 0 Å². The van der Waals surface area contributed by atoms with E-state index < -0.39 is 0 Å². The van der Waals surface area contributed by atoms with Crippen LogP contribution in [0.1, 0.15) is 127 Å². The molecule has 0 aliphatic carbocycles. The zero-order valence-electron chi connectivity index (χ0n) is 20.7. The van der Waals surface area contributed by atoms with Gasteiger partial charge in [-0.25, -0.2) is 0 Å². The molecule has 0 heteroatoms. The first-order chi connectivity index (χ1) is 15.2. The van der Waals surface area contributed by atoms with Gasteiger partial charge in [-0.15, -0.1) is 0 Å². The average Bonchev–Trinajstić information content (AvgIpc) is 2.80. The largest absolute Gasteiger partial charge is 0.0648 e. The van der Waals surface area contributed by atoms with Crippen LogP contribution in [0, 0.1) is 5.92 Å². The molecule has 0 aromatic heterocycles. The van der Waals surface area contributed by atoms with Crippen LogP contribution in [0.3, 0.4) is 0 Å². The summed E-state index contributed by atoms with van der Waals surface area (Å²) in [5, 5.41) is 0. The summed E-state index contributed by atoms with van der Waals surface area (Å²) in [6.45, 7) is 7.06. The third-order valence-corrected chi connectivity index (χ3v) is 6.90. The Bertz CT molecular complexity index is 642. The van der Waals surface area contributed by atoms with E-state index in [4.69, 9.17) is 0 Å². The smallest absolute Gasteiger partial charge is 0.0160 e. The molecule has 0 heterocycles. The van der Waals surface area contributed by atoms with E-state index in [1.807, 2.05) is 0 Å². The molecule has 172 valence electrons. The molecule has 0 amide bonds. The van der Waals surface area contributed by atoms with Crippen molar-refractivity contribution in [2.75, 3.05) is 0 Å². The fourth-order valence-electron chi connectivity index (χ4n) is 5.07. The average molecular weight is 421 g/mol. The van der Waals surface area contributed by atoms with Crippen molar-refractivity contribution in [2.45, 2.75) is 116 Å². The van der Waals surface area contributed by atoms with Gasteiger partial charge in [-0.2, -0.15) is 0 Å². The molecule has 0 spiro atoms. The Morgan fingerprint density at radius 1 is 0.516 bits per heavy atom. The zero-order chi connectivity index (χ0) is 22.2. The number of hydrogen-bond donors (Lipinski definition) is 0. The van der Waals surface area contributed by atoms with Gasteiger partial charge in [0, 0.05) is 0 Å². The van der Waals surface area contributed by atoms with Gasteiger partial charge in [-0.05, 0) is 54.6 Å². The Hall–Kier alpha value is -1.56. The van der Waals surface area contributed by atoms with E-state index in [0.29, 0.717) is 0 Å². The highest BCUT2D eigenvalue weighted by Crippen LogP contribution is 2.29. The topological polar surface area (TPSA) is 0 Å². The summed E-state index contributed by atoms with van der Waals surface area (Å²) in [6.07, 6.45) is 18.1. The van der Waals surface area contributed by atoms with E-state index in [2.05, 4.69) is 81.4 Å². The number of rotatable bonds is 17. The molecule has 0 fully saturated rings. The van der Waals surface area contributed by atoms with Crippen molar-refractivity contribution in [1.29, 1.82) is 0 Å². The first-order valence-corrected chi connectivity index (χ1v) is 13.3. The molecule has 2 unspecified atom stereocenters. The maximum Gasteiger partial charge on any atom is -0.0160 e. The lowest BCUT2D eigenvalue weighted by atomic mass is 9.86. The number of unbranched alkanes of at least 4 members (excludes halogenated alkanes) is 8. The van der Waals surface area contributed by atoms with Gasteiger partial charge in [-0.1, -0.05) is 139 Å². The molecule has 0 aliphatic rings. The van der Waals surface area contributed by atoms with Crippen molar-refractivity contribution in [3.63, 3.8) is 0 Å². The van der Waals surface area contributed by atoms with Crippen LogP contribution in [0.5, 0.6) is 0 Å². The predicted octanol–water partition coefficient (Wildman–Crippen LogP) is 10.3. The zero-order valence-corrected chi connectivity index (χ0v) is 20.7. The molecule has 0 radical (unpaired) electrons. The highest BCUT2D eigenvalue weighted by atomic mass is 14.2. The summed E-state index contributed by atoms with van der Waals surface area (Å²) in [7, 11) is 0. The standard InChI is InChI=1S/C31H48/c1-4-28(29-21-16-12-17-22-29)20-14-10-8-6-5-7-9-11-15-25-31(26-27(2)3)30-23-18-13-19-24-30/h12-13,16-19,21-24,27-28,31H,4-11,14-15,20,25-26H2,1-3H3. The molecule has 0 saturated carbocycles. The summed E-state index contributed by atoms with van der Waals surface area (Å²) in [5.74, 6) is 2.30. The summed E-state index contributed by atoms with van der Waals surface area (Å²) in [5.41, 5.74) is 3.08. The highest BCUT2D eigenvalue weighted by molar-refractivity contribution is 5.20. The van der Waals surface area contributed by atoms with Gasteiger partial charge in [0.05, 0.1) is 0 Å². The molecule has 31 heavy (non-hydrogen) atoms. The van der Waals surface area contributed by atoms with Crippen LogP contribution in [0.2, 0.25) is 0 Å². The fraction of sp³-hybridized carbons (Fsp3) is 0.613. The summed E-state index contributed by atoms with van der Waals surface area (Å²) < 4.78 is 0. The van der Waals surface area contributed by atoms with Gasteiger partial charge in [0.1, 0.15) is 0 Å². The molecule has 0 N–H and O–H groups in total. The second-order valence-electron chi connectivity index (χ2n) is 10.0. The Kier molecular flexibility index (Phi) is 13.4. The number of hydrogen-bond acceptors (Lipinski definition) is 0. The first-order valence-electron chi connectivity index (χ1n) is 13.3. The van der Waals surface area contributed by atoms with E-state index in [9.17, 15) is 0 Å². The molecular weight excluding hydrogens is 372 g/mol. The van der Waals surface area contributed by atoms with Gasteiger partial charge in [0.15, 0.2) is 0 Å². The Morgan fingerprint density at radius 2 is 0.903 bits per heavy atom. The Labute approximate surface area is 193 Å². The minimum Gasteiger partial charge on any atom is -0.0648 e. The normalized spacial score (nSPS) is 13.4. The third-order valence-electron chi connectivity index (χ3n) is 6.90. The minimum absolute atomic E-state index is 0.754. The molecule has 0 saturated heterocycles. The second kappa shape index (κ2) is 16.1. The monoisotopic (exact) mass is 420 g/mol. The Balaban J connectivity index is 1.48. The summed E-state index contributed by atoms with van der Waals surface area (Å²) >= 11 is 0. The lowest BCUT2D eigenvalue weighted by Gasteiger charge is -2.19. The molecule has 2 rings (SSSR count). The number of benzene rings is 2. The molecule has 2 aromatic carbocycles. The van der Waals surface area contributed by atoms with Crippen molar-refractivity contribution >= 4 is 0 Å². The van der Waals surface area contributed by atoms with E-state index in [-0.39, 0.29) is 0 Å². The van der Waals surface area contributed by atoms with Crippen molar-refractivity contribution in [3.05, 3.63) is 71.8 Å². The van der Waals surface area contributed by atoms with E-state index in [1.54, 1.807) is 5.56 Å². The fourth-order valence-corrected chi connectivity index (χ4v) is 5.07.